The average molecular weight is 360 g/mol. The zero-order valence-corrected chi connectivity index (χ0v) is 15.2. The maximum atomic E-state index is 12.3. The van der Waals surface area contributed by atoms with E-state index < -0.39 is 5.60 Å². The highest BCUT2D eigenvalue weighted by atomic mass is 16.3. The zero-order chi connectivity index (χ0) is 18.7. The summed E-state index contributed by atoms with van der Waals surface area (Å²) < 4.78 is 0. The quantitative estimate of drug-likeness (QED) is 0.624. The Morgan fingerprint density at radius 1 is 0.926 bits per heavy atom. The minimum Gasteiger partial charge on any atom is -0.383 e. The molecule has 1 fully saturated rings. The van der Waals surface area contributed by atoms with Gasteiger partial charge in [0.2, 0.25) is 0 Å². The van der Waals surface area contributed by atoms with E-state index in [0.29, 0.717) is 6.54 Å². The molecule has 0 bridgehead atoms. The third-order valence-corrected chi connectivity index (χ3v) is 5.36. The topological polar surface area (TPSA) is 61.4 Å². The van der Waals surface area contributed by atoms with E-state index in [4.69, 9.17) is 0 Å². The van der Waals surface area contributed by atoms with E-state index in [0.717, 1.165) is 34.7 Å². The van der Waals surface area contributed by atoms with Gasteiger partial charge in [-0.2, -0.15) is 0 Å². The fourth-order valence-electron chi connectivity index (χ4n) is 3.67. The number of aliphatic hydroxyl groups is 1. The molecule has 0 radical (unpaired) electrons. The van der Waals surface area contributed by atoms with Crippen molar-refractivity contribution in [3.63, 3.8) is 0 Å². The second-order valence-electron chi connectivity index (χ2n) is 7.24. The summed E-state index contributed by atoms with van der Waals surface area (Å²) in [5, 5.41) is 19.2. The van der Waals surface area contributed by atoms with E-state index >= 15 is 0 Å². The highest BCUT2D eigenvalue weighted by Crippen LogP contribution is 2.45. The van der Waals surface area contributed by atoms with Crippen LogP contribution in [0.5, 0.6) is 0 Å². The van der Waals surface area contributed by atoms with E-state index in [-0.39, 0.29) is 18.5 Å². The molecule has 2 amide bonds. The average Bonchev–Trinajstić information content (AvgIpc) is 3.57. The van der Waals surface area contributed by atoms with Crippen molar-refractivity contribution in [3.05, 3.63) is 83.9 Å². The molecule has 1 atom stereocenters. The van der Waals surface area contributed by atoms with Gasteiger partial charge in [0.25, 0.3) is 0 Å². The van der Waals surface area contributed by atoms with Crippen LogP contribution in [0.25, 0.3) is 10.8 Å². The van der Waals surface area contributed by atoms with Crippen LogP contribution in [0.2, 0.25) is 0 Å². The largest absolute Gasteiger partial charge is 0.383 e. The van der Waals surface area contributed by atoms with Crippen LogP contribution < -0.4 is 10.6 Å². The van der Waals surface area contributed by atoms with Gasteiger partial charge in [0, 0.05) is 6.54 Å². The molecule has 4 heteroatoms. The Kier molecular flexibility index (Phi) is 4.82. The molecule has 0 saturated heterocycles. The molecule has 3 N–H and O–H groups in total. The minimum atomic E-state index is -1.00. The lowest BCUT2D eigenvalue weighted by Crippen LogP contribution is -2.45. The summed E-state index contributed by atoms with van der Waals surface area (Å²) in [5.74, 6) is 0.207. The summed E-state index contributed by atoms with van der Waals surface area (Å²) in [5.41, 5.74) is 0.934. The monoisotopic (exact) mass is 360 g/mol. The highest BCUT2D eigenvalue weighted by molar-refractivity contribution is 5.86. The molecule has 1 aliphatic carbocycles. The normalized spacial score (nSPS) is 15.9. The van der Waals surface area contributed by atoms with Crippen LogP contribution in [-0.4, -0.2) is 17.7 Å². The molecule has 3 aromatic carbocycles. The van der Waals surface area contributed by atoms with E-state index in [1.165, 1.54) is 0 Å². The molecule has 0 unspecified atom stereocenters. The molecule has 1 saturated carbocycles. The van der Waals surface area contributed by atoms with Crippen LogP contribution in [0.1, 0.15) is 24.0 Å². The summed E-state index contributed by atoms with van der Waals surface area (Å²) >= 11 is 0. The fraction of sp³-hybridized carbons (Fsp3) is 0.261. The summed E-state index contributed by atoms with van der Waals surface area (Å²) in [7, 11) is 0. The van der Waals surface area contributed by atoms with Gasteiger partial charge in [-0.05, 0) is 40.7 Å². The predicted octanol–water partition coefficient (Wildman–Crippen LogP) is 3.94. The van der Waals surface area contributed by atoms with E-state index in [1.807, 2.05) is 54.6 Å². The lowest BCUT2D eigenvalue weighted by atomic mass is 9.89. The third-order valence-electron chi connectivity index (χ3n) is 5.36. The number of hydrogen-bond donors (Lipinski definition) is 3. The van der Waals surface area contributed by atoms with Crippen molar-refractivity contribution >= 4 is 16.8 Å². The van der Waals surface area contributed by atoms with Crippen LogP contribution in [-0.2, 0) is 12.1 Å². The molecule has 3 aromatic rings. The molecule has 4 nitrogen and oxygen atoms in total. The number of fused-ring (bicyclic) bond motifs is 1. The summed E-state index contributed by atoms with van der Waals surface area (Å²) in [6.45, 7) is 0.656. The summed E-state index contributed by atoms with van der Waals surface area (Å²) in [6.07, 6.45) is 1.98. The van der Waals surface area contributed by atoms with Crippen LogP contribution in [0.4, 0.5) is 4.79 Å². The van der Waals surface area contributed by atoms with Crippen molar-refractivity contribution in [3.8, 4) is 0 Å². The zero-order valence-electron chi connectivity index (χ0n) is 15.2. The molecule has 4 rings (SSSR count). The number of benzene rings is 3. The van der Waals surface area contributed by atoms with Crippen molar-refractivity contribution in [2.75, 3.05) is 6.54 Å². The number of hydrogen-bond acceptors (Lipinski definition) is 2. The van der Waals surface area contributed by atoms with Gasteiger partial charge in [-0.3, -0.25) is 0 Å². The first-order valence-electron chi connectivity index (χ1n) is 9.43. The summed E-state index contributed by atoms with van der Waals surface area (Å²) in [4.78, 5) is 12.3. The van der Waals surface area contributed by atoms with Gasteiger partial charge < -0.3 is 15.7 Å². The SMILES string of the molecule is O=C(NCc1cccc2ccccc12)NC[C@@](O)(c1ccccc1)C1CC1. The van der Waals surface area contributed by atoms with E-state index in [1.54, 1.807) is 0 Å². The lowest BCUT2D eigenvalue weighted by Gasteiger charge is -2.29. The minimum absolute atomic E-state index is 0.207. The molecule has 27 heavy (non-hydrogen) atoms. The van der Waals surface area contributed by atoms with E-state index in [9.17, 15) is 9.90 Å². The Bertz CT molecular complexity index is 932. The Balaban J connectivity index is 1.39. The molecule has 0 spiro atoms. The first-order chi connectivity index (χ1) is 13.2. The number of amides is 2. The Morgan fingerprint density at radius 2 is 1.63 bits per heavy atom. The highest BCUT2D eigenvalue weighted by Gasteiger charge is 2.45. The molecule has 0 aromatic heterocycles. The van der Waals surface area contributed by atoms with Gasteiger partial charge in [0.1, 0.15) is 5.60 Å². The predicted molar refractivity (Wildman–Crippen MR) is 107 cm³/mol. The number of carbonyl (C=O) groups is 1. The van der Waals surface area contributed by atoms with Gasteiger partial charge >= 0.3 is 6.03 Å². The first kappa shape index (κ1) is 17.6. The van der Waals surface area contributed by atoms with Gasteiger partial charge in [0.15, 0.2) is 0 Å². The molecular formula is C23H24N2O2. The van der Waals surface area contributed by atoms with Crippen molar-refractivity contribution in [2.24, 2.45) is 5.92 Å². The van der Waals surface area contributed by atoms with Crippen LogP contribution >= 0.6 is 0 Å². The molecule has 0 heterocycles. The number of nitrogens with one attached hydrogen (secondary N) is 2. The van der Waals surface area contributed by atoms with Crippen LogP contribution in [0.15, 0.2) is 72.8 Å². The van der Waals surface area contributed by atoms with Crippen LogP contribution in [0.3, 0.4) is 0 Å². The fourth-order valence-corrected chi connectivity index (χ4v) is 3.67. The number of urea groups is 1. The molecule has 0 aliphatic heterocycles. The van der Waals surface area contributed by atoms with Crippen molar-refractivity contribution in [1.82, 2.24) is 10.6 Å². The third kappa shape index (κ3) is 3.81. The Labute approximate surface area is 159 Å². The van der Waals surface area contributed by atoms with Crippen molar-refractivity contribution < 1.29 is 9.90 Å². The maximum absolute atomic E-state index is 12.3. The number of rotatable bonds is 6. The second-order valence-corrected chi connectivity index (χ2v) is 7.24. The van der Waals surface area contributed by atoms with Gasteiger partial charge in [-0.1, -0.05) is 72.8 Å². The molecule has 138 valence electrons. The van der Waals surface area contributed by atoms with Crippen LogP contribution in [0, 0.1) is 5.92 Å². The summed E-state index contributed by atoms with van der Waals surface area (Å²) in [6, 6.07) is 23.6. The van der Waals surface area contributed by atoms with E-state index in [2.05, 4.69) is 28.8 Å². The smallest absolute Gasteiger partial charge is 0.315 e. The van der Waals surface area contributed by atoms with Gasteiger partial charge in [-0.25, -0.2) is 4.79 Å². The standard InChI is InChI=1S/C23H24N2O2/c26-22(24-15-18-9-6-8-17-7-4-5-12-21(17)18)25-16-23(27,20-13-14-20)19-10-2-1-3-11-19/h1-12,20,27H,13-16H2,(H2,24,25,26)/t23-/m1/s1. The Hall–Kier alpha value is -2.85. The second kappa shape index (κ2) is 7.41. The molecule has 1 aliphatic rings. The molecular weight excluding hydrogens is 336 g/mol. The number of carbonyl (C=O) groups excluding carboxylic acids is 1. The maximum Gasteiger partial charge on any atom is 0.315 e. The van der Waals surface area contributed by atoms with Crippen molar-refractivity contribution in [2.45, 2.75) is 25.0 Å². The Morgan fingerprint density at radius 3 is 2.41 bits per heavy atom. The first-order valence-corrected chi connectivity index (χ1v) is 9.43. The van der Waals surface area contributed by atoms with Crippen molar-refractivity contribution in [1.29, 1.82) is 0 Å². The van der Waals surface area contributed by atoms with Gasteiger partial charge in [-0.15, -0.1) is 0 Å². The van der Waals surface area contributed by atoms with Gasteiger partial charge in [0.05, 0.1) is 6.54 Å². The lowest BCUT2D eigenvalue weighted by molar-refractivity contribution is 0.0160.